The van der Waals surface area contributed by atoms with Gasteiger partial charge in [0.05, 0.1) is 0 Å². The Kier molecular flexibility index (Phi) is 5.01. The van der Waals surface area contributed by atoms with Gasteiger partial charge >= 0.3 is 6.61 Å². The molecule has 0 saturated heterocycles. The fraction of sp³-hybridized carbons (Fsp3) is 0.273. The summed E-state index contributed by atoms with van der Waals surface area (Å²) in [6.45, 7) is -2.96. The maximum Gasteiger partial charge on any atom is 0.387 e. The summed E-state index contributed by atoms with van der Waals surface area (Å²) in [6, 6.07) is 12.1. The molecule has 0 radical (unpaired) electrons. The van der Waals surface area contributed by atoms with Crippen molar-refractivity contribution in [3.8, 4) is 5.75 Å². The highest BCUT2D eigenvalue weighted by molar-refractivity contribution is 6.09. The minimum Gasteiger partial charge on any atom is -0.435 e. The monoisotopic (exact) mass is 415 g/mol. The van der Waals surface area contributed by atoms with Crippen LogP contribution in [0.25, 0.3) is 5.83 Å². The number of hydrogen-bond acceptors (Lipinski definition) is 4. The van der Waals surface area contributed by atoms with Crippen LogP contribution < -0.4 is 10.5 Å². The van der Waals surface area contributed by atoms with Crippen LogP contribution in [0.3, 0.4) is 0 Å². The van der Waals surface area contributed by atoms with E-state index in [9.17, 15) is 18.0 Å². The van der Waals surface area contributed by atoms with Crippen LogP contribution in [0.4, 0.5) is 13.2 Å². The Labute approximate surface area is 171 Å². The molecule has 8 heteroatoms. The van der Waals surface area contributed by atoms with Crippen LogP contribution in [0, 0.1) is 5.92 Å². The van der Waals surface area contributed by atoms with Crippen LogP contribution in [-0.4, -0.2) is 30.4 Å². The molecule has 1 amide bonds. The van der Waals surface area contributed by atoms with Gasteiger partial charge in [0.1, 0.15) is 11.6 Å². The summed E-state index contributed by atoms with van der Waals surface area (Å²) in [5, 5.41) is 0. The number of benzene rings is 2. The zero-order valence-corrected chi connectivity index (χ0v) is 16.2. The number of halogens is 3. The van der Waals surface area contributed by atoms with Gasteiger partial charge in [-0.1, -0.05) is 30.3 Å². The number of amides is 1. The number of carbonyl (C=O) groups excluding carboxylic acids is 1. The van der Waals surface area contributed by atoms with Gasteiger partial charge in [0, 0.05) is 12.6 Å². The van der Waals surface area contributed by atoms with E-state index in [1.807, 2.05) is 0 Å². The van der Waals surface area contributed by atoms with Crippen LogP contribution in [0.1, 0.15) is 29.5 Å². The molecule has 1 aliphatic carbocycles. The molecule has 1 atom stereocenters. The molecule has 0 bridgehead atoms. The summed E-state index contributed by atoms with van der Waals surface area (Å²) in [5.41, 5.74) is 5.57. The second-order valence-corrected chi connectivity index (χ2v) is 7.38. The van der Waals surface area contributed by atoms with Gasteiger partial charge in [-0.15, -0.1) is 0 Å². The predicted octanol–water partition coefficient (Wildman–Crippen LogP) is 4.04. The molecule has 1 saturated carbocycles. The Bertz CT molecular complexity index is 1030. The number of carbonyl (C=O) groups is 1. The van der Waals surface area contributed by atoms with Gasteiger partial charge in [-0.3, -0.25) is 9.69 Å². The highest BCUT2D eigenvalue weighted by Gasteiger charge is 2.49. The molecular weight excluding hydrogens is 395 g/mol. The molecular formula is C22H20F3N3O2. The van der Waals surface area contributed by atoms with E-state index in [-0.39, 0.29) is 23.5 Å². The van der Waals surface area contributed by atoms with Crippen molar-refractivity contribution in [1.29, 1.82) is 0 Å². The zero-order chi connectivity index (χ0) is 21.5. The van der Waals surface area contributed by atoms with Crippen molar-refractivity contribution >= 4 is 17.7 Å². The molecule has 2 N–H and O–H groups in total. The number of hydrogen-bond donors (Lipinski definition) is 1. The average Bonchev–Trinajstić information content (AvgIpc) is 3.51. The number of likely N-dealkylation sites (N-methyl/N-ethyl adjacent to an activating group) is 1. The van der Waals surface area contributed by atoms with Crippen LogP contribution in [0.5, 0.6) is 5.75 Å². The number of alkyl halides is 2. The Balaban J connectivity index is 1.81. The predicted molar refractivity (Wildman–Crippen MR) is 106 cm³/mol. The van der Waals surface area contributed by atoms with Crippen molar-refractivity contribution in [2.75, 3.05) is 7.05 Å². The first-order valence-electron chi connectivity index (χ1n) is 9.48. The molecule has 2 aromatic rings. The van der Waals surface area contributed by atoms with E-state index in [1.165, 1.54) is 36.2 Å². The van der Waals surface area contributed by atoms with Crippen molar-refractivity contribution in [3.63, 3.8) is 0 Å². The molecule has 30 heavy (non-hydrogen) atoms. The number of nitrogens with zero attached hydrogens (tertiary/aromatic N) is 2. The number of allylic oxidation sites excluding steroid dienone is 1. The molecule has 2 aliphatic rings. The fourth-order valence-corrected chi connectivity index (χ4v) is 3.52. The molecule has 2 aromatic carbocycles. The van der Waals surface area contributed by atoms with Crippen LogP contribution in [0.15, 0.2) is 59.6 Å². The quantitative estimate of drug-likeness (QED) is 0.774. The molecule has 0 aromatic heterocycles. The third kappa shape index (κ3) is 3.53. The lowest BCUT2D eigenvalue weighted by Gasteiger charge is -2.26. The van der Waals surface area contributed by atoms with Gasteiger partial charge in [-0.05, 0) is 54.2 Å². The maximum atomic E-state index is 14.7. The number of rotatable bonds is 6. The Morgan fingerprint density at radius 3 is 2.50 bits per heavy atom. The van der Waals surface area contributed by atoms with E-state index in [0.717, 1.165) is 12.8 Å². The third-order valence-electron chi connectivity index (χ3n) is 5.30. The topological polar surface area (TPSA) is 67.9 Å². The van der Waals surface area contributed by atoms with Gasteiger partial charge < -0.3 is 10.5 Å². The van der Waals surface area contributed by atoms with E-state index in [2.05, 4.69) is 9.73 Å². The summed E-state index contributed by atoms with van der Waals surface area (Å²) in [4.78, 5) is 18.9. The van der Waals surface area contributed by atoms with E-state index in [0.29, 0.717) is 16.7 Å². The summed E-state index contributed by atoms with van der Waals surface area (Å²) in [5.74, 6) is -0.575. The largest absolute Gasteiger partial charge is 0.435 e. The highest BCUT2D eigenvalue weighted by atomic mass is 19.3. The SMILES string of the molecule is CN1C(=O)[C@@](c2ccc(OC(F)F)cc2)(c2cccc(/C(F)=C/C3CC3)c2)N=C1N. The number of guanidine groups is 1. The smallest absolute Gasteiger partial charge is 0.387 e. The summed E-state index contributed by atoms with van der Waals surface area (Å²) < 4.78 is 44.0. The Morgan fingerprint density at radius 2 is 1.93 bits per heavy atom. The summed E-state index contributed by atoms with van der Waals surface area (Å²) >= 11 is 0. The van der Waals surface area contributed by atoms with Gasteiger partial charge in [-0.25, -0.2) is 9.38 Å². The second kappa shape index (κ2) is 7.51. The van der Waals surface area contributed by atoms with Gasteiger partial charge in [0.25, 0.3) is 5.91 Å². The number of ether oxygens (including phenoxy) is 1. The van der Waals surface area contributed by atoms with E-state index in [1.54, 1.807) is 30.3 Å². The molecule has 0 unspecified atom stereocenters. The molecule has 1 heterocycles. The van der Waals surface area contributed by atoms with Crippen molar-refractivity contribution in [2.45, 2.75) is 25.0 Å². The first kappa shape index (κ1) is 20.0. The minimum atomic E-state index is -2.96. The van der Waals surface area contributed by atoms with Crippen molar-refractivity contribution in [3.05, 3.63) is 71.3 Å². The van der Waals surface area contributed by atoms with Gasteiger partial charge in [-0.2, -0.15) is 8.78 Å². The van der Waals surface area contributed by atoms with Crippen molar-refractivity contribution in [1.82, 2.24) is 4.90 Å². The molecule has 4 rings (SSSR count). The molecule has 5 nitrogen and oxygen atoms in total. The first-order chi connectivity index (χ1) is 14.3. The lowest BCUT2D eigenvalue weighted by molar-refractivity contribution is -0.129. The average molecular weight is 415 g/mol. The van der Waals surface area contributed by atoms with Crippen LogP contribution in [-0.2, 0) is 10.3 Å². The molecule has 1 fully saturated rings. The van der Waals surface area contributed by atoms with Crippen molar-refractivity contribution < 1.29 is 22.7 Å². The van der Waals surface area contributed by atoms with E-state index < -0.39 is 18.1 Å². The third-order valence-corrected chi connectivity index (χ3v) is 5.30. The normalized spacial score (nSPS) is 21.9. The van der Waals surface area contributed by atoms with Crippen LogP contribution in [0.2, 0.25) is 0 Å². The lowest BCUT2D eigenvalue weighted by atomic mass is 9.82. The van der Waals surface area contributed by atoms with Crippen molar-refractivity contribution in [2.24, 2.45) is 16.6 Å². The van der Waals surface area contributed by atoms with Gasteiger partial charge in [0.15, 0.2) is 11.5 Å². The standard InChI is InChI=1S/C22H20F3N3O2/c1-28-19(29)22(27-21(28)26,15-7-9-17(10-8-15)30-20(24)25)16-4-2-3-14(12-16)18(23)11-13-5-6-13/h2-4,7-13,20H,5-6H2,1H3,(H2,26,27)/b18-11-/t22-/m1/s1. The fourth-order valence-electron chi connectivity index (χ4n) is 3.52. The van der Waals surface area contributed by atoms with Gasteiger partial charge in [0.2, 0.25) is 0 Å². The maximum absolute atomic E-state index is 14.7. The molecule has 0 spiro atoms. The Hall–Kier alpha value is -3.29. The molecule has 1 aliphatic heterocycles. The van der Waals surface area contributed by atoms with E-state index >= 15 is 0 Å². The van der Waals surface area contributed by atoms with E-state index in [4.69, 9.17) is 5.73 Å². The highest BCUT2D eigenvalue weighted by Crippen LogP contribution is 2.41. The molecule has 156 valence electrons. The second-order valence-electron chi connectivity index (χ2n) is 7.38. The zero-order valence-electron chi connectivity index (χ0n) is 16.2. The summed E-state index contributed by atoms with van der Waals surface area (Å²) in [7, 11) is 1.49. The Morgan fingerprint density at radius 1 is 1.23 bits per heavy atom. The number of aliphatic imine (C=N–C) groups is 1. The summed E-state index contributed by atoms with van der Waals surface area (Å²) in [6.07, 6.45) is 3.52. The first-order valence-corrected chi connectivity index (χ1v) is 9.48. The number of nitrogens with two attached hydrogens (primary N) is 1. The van der Waals surface area contributed by atoms with Crippen LogP contribution >= 0.6 is 0 Å². The minimum absolute atomic E-state index is 0.00676. The lowest BCUT2D eigenvalue weighted by Crippen LogP contribution is -2.41.